The van der Waals surface area contributed by atoms with Gasteiger partial charge in [0.25, 0.3) is 0 Å². The number of pyridine rings is 1. The second kappa shape index (κ2) is 5.64. The Morgan fingerprint density at radius 2 is 2.19 bits per heavy atom. The Labute approximate surface area is 91.2 Å². The molecule has 6 heteroatoms. The largest absolute Gasteiger partial charge is 0.396 e. The molecule has 88 valence electrons. The molecule has 1 heterocycles. The molecule has 3 N–H and O–H groups in total. The first-order valence-electron chi connectivity index (χ1n) is 4.67. The molecule has 1 rings (SSSR count). The number of aromatic nitrogens is 1. The van der Waals surface area contributed by atoms with Crippen molar-refractivity contribution in [1.29, 1.82) is 0 Å². The van der Waals surface area contributed by atoms with Crippen molar-refractivity contribution < 1.29 is 24.5 Å². The van der Waals surface area contributed by atoms with Crippen LogP contribution in [0.4, 0.5) is 4.39 Å². The Morgan fingerprint density at radius 3 is 2.75 bits per heavy atom. The number of hydrogen-bond donors (Lipinski definition) is 3. The Morgan fingerprint density at radius 1 is 1.50 bits per heavy atom. The second-order valence-corrected chi connectivity index (χ2v) is 3.29. The van der Waals surface area contributed by atoms with Gasteiger partial charge in [-0.05, 0) is 12.5 Å². The lowest BCUT2D eigenvalue weighted by molar-refractivity contribution is 0.00394. The summed E-state index contributed by atoms with van der Waals surface area (Å²) in [4.78, 5) is 13.7. The molecule has 2 unspecified atom stereocenters. The van der Waals surface area contributed by atoms with Crippen LogP contribution in [0, 0.1) is 5.95 Å². The number of aliphatic hydroxyl groups excluding tert-OH is 3. The molecule has 1 aromatic heterocycles. The smallest absolute Gasteiger partial charge is 0.223 e. The van der Waals surface area contributed by atoms with Crippen LogP contribution in [0.1, 0.15) is 28.4 Å². The predicted octanol–water partition coefficient (Wildman–Crippen LogP) is -0.190. The van der Waals surface area contributed by atoms with Crippen LogP contribution in [0.15, 0.2) is 12.3 Å². The molecule has 0 aliphatic heterocycles. The third-order valence-corrected chi connectivity index (χ3v) is 2.15. The SMILES string of the molecule is O=Cc1cc(C(O)C(O)CCO)cnc1F. The molecule has 0 aliphatic carbocycles. The van der Waals surface area contributed by atoms with E-state index in [4.69, 9.17) is 5.11 Å². The van der Waals surface area contributed by atoms with Gasteiger partial charge in [-0.25, -0.2) is 4.98 Å². The molecule has 0 fully saturated rings. The lowest BCUT2D eigenvalue weighted by Crippen LogP contribution is -2.20. The van der Waals surface area contributed by atoms with E-state index in [2.05, 4.69) is 4.98 Å². The van der Waals surface area contributed by atoms with Crippen molar-refractivity contribution in [1.82, 2.24) is 4.98 Å². The summed E-state index contributed by atoms with van der Waals surface area (Å²) in [5.74, 6) is -0.928. The third-order valence-electron chi connectivity index (χ3n) is 2.15. The highest BCUT2D eigenvalue weighted by Crippen LogP contribution is 2.19. The quantitative estimate of drug-likeness (QED) is 0.481. The normalized spacial score (nSPS) is 14.5. The first-order valence-corrected chi connectivity index (χ1v) is 4.67. The highest BCUT2D eigenvalue weighted by molar-refractivity contribution is 5.74. The average molecular weight is 229 g/mol. The Kier molecular flexibility index (Phi) is 4.48. The number of aliphatic hydroxyl groups is 3. The van der Waals surface area contributed by atoms with E-state index in [-0.39, 0.29) is 30.4 Å². The Balaban J connectivity index is 2.91. The van der Waals surface area contributed by atoms with Gasteiger partial charge in [-0.15, -0.1) is 0 Å². The summed E-state index contributed by atoms with van der Waals surface area (Å²) in [6, 6.07) is 1.11. The molecule has 2 atom stereocenters. The molecule has 5 nitrogen and oxygen atoms in total. The maximum absolute atomic E-state index is 12.9. The number of hydrogen-bond acceptors (Lipinski definition) is 5. The fraction of sp³-hybridized carbons (Fsp3) is 0.400. The molecule has 16 heavy (non-hydrogen) atoms. The van der Waals surface area contributed by atoms with Gasteiger partial charge in [0, 0.05) is 18.4 Å². The minimum absolute atomic E-state index is 0.0189. The van der Waals surface area contributed by atoms with Gasteiger partial charge in [0.15, 0.2) is 6.29 Å². The molecule has 0 bridgehead atoms. The molecule has 0 spiro atoms. The summed E-state index contributed by atoms with van der Waals surface area (Å²) in [6.45, 7) is -0.284. The van der Waals surface area contributed by atoms with Gasteiger partial charge >= 0.3 is 0 Å². The van der Waals surface area contributed by atoms with E-state index in [1.165, 1.54) is 0 Å². The zero-order valence-electron chi connectivity index (χ0n) is 8.38. The highest BCUT2D eigenvalue weighted by Gasteiger charge is 2.19. The molecule has 0 amide bonds. The maximum Gasteiger partial charge on any atom is 0.223 e. The number of nitrogens with zero attached hydrogens (tertiary/aromatic N) is 1. The molecule has 0 aromatic carbocycles. The number of carbonyl (C=O) groups is 1. The minimum atomic E-state index is -1.31. The van der Waals surface area contributed by atoms with Gasteiger partial charge in [0.1, 0.15) is 6.10 Å². The average Bonchev–Trinajstić information content (AvgIpc) is 2.29. The first kappa shape index (κ1) is 12.7. The van der Waals surface area contributed by atoms with Gasteiger partial charge in [0.05, 0.1) is 11.7 Å². The fourth-order valence-corrected chi connectivity index (χ4v) is 1.24. The van der Waals surface area contributed by atoms with Crippen molar-refractivity contribution in [3.8, 4) is 0 Å². The van der Waals surface area contributed by atoms with Crippen LogP contribution in [-0.2, 0) is 0 Å². The Hall–Kier alpha value is -1.37. The Bertz CT molecular complexity index is 372. The maximum atomic E-state index is 12.9. The van der Waals surface area contributed by atoms with E-state index in [1.54, 1.807) is 0 Å². The van der Waals surface area contributed by atoms with E-state index >= 15 is 0 Å². The van der Waals surface area contributed by atoms with Gasteiger partial charge in [-0.3, -0.25) is 4.79 Å². The highest BCUT2D eigenvalue weighted by atomic mass is 19.1. The zero-order chi connectivity index (χ0) is 12.1. The summed E-state index contributed by atoms with van der Waals surface area (Å²) in [6.07, 6.45) is -1.20. The fourth-order valence-electron chi connectivity index (χ4n) is 1.24. The number of aldehydes is 1. The molecule has 0 aliphatic rings. The van der Waals surface area contributed by atoms with Crippen LogP contribution < -0.4 is 0 Å². The van der Waals surface area contributed by atoms with Crippen molar-refractivity contribution in [3.63, 3.8) is 0 Å². The van der Waals surface area contributed by atoms with Crippen LogP contribution in [0.3, 0.4) is 0 Å². The number of halogens is 1. The van der Waals surface area contributed by atoms with Crippen molar-refractivity contribution in [2.45, 2.75) is 18.6 Å². The third kappa shape index (κ3) is 2.82. The van der Waals surface area contributed by atoms with Gasteiger partial charge < -0.3 is 15.3 Å². The molecular weight excluding hydrogens is 217 g/mol. The summed E-state index contributed by atoms with van der Waals surface area (Å²) >= 11 is 0. The van der Waals surface area contributed by atoms with E-state index in [1.807, 2.05) is 0 Å². The van der Waals surface area contributed by atoms with Gasteiger partial charge in [-0.1, -0.05) is 0 Å². The summed E-state index contributed by atoms with van der Waals surface area (Å²) in [7, 11) is 0. The van der Waals surface area contributed by atoms with Crippen molar-refractivity contribution in [2.24, 2.45) is 0 Å². The lowest BCUT2D eigenvalue weighted by Gasteiger charge is -2.17. The second-order valence-electron chi connectivity index (χ2n) is 3.29. The summed E-state index contributed by atoms with van der Waals surface area (Å²) < 4.78 is 12.9. The lowest BCUT2D eigenvalue weighted by atomic mass is 10.0. The zero-order valence-corrected chi connectivity index (χ0v) is 8.38. The van der Waals surface area contributed by atoms with Crippen molar-refractivity contribution in [3.05, 3.63) is 29.3 Å². The summed E-state index contributed by atoms with van der Waals surface area (Å²) in [5, 5.41) is 27.6. The molecule has 1 aromatic rings. The van der Waals surface area contributed by atoms with Crippen LogP contribution in [0.2, 0.25) is 0 Å². The summed E-state index contributed by atoms with van der Waals surface area (Å²) in [5.41, 5.74) is -0.155. The monoisotopic (exact) mass is 229 g/mol. The number of carbonyl (C=O) groups excluding carboxylic acids is 1. The minimum Gasteiger partial charge on any atom is -0.396 e. The van der Waals surface area contributed by atoms with E-state index in [9.17, 15) is 19.4 Å². The van der Waals surface area contributed by atoms with Crippen molar-refractivity contribution >= 4 is 6.29 Å². The van der Waals surface area contributed by atoms with E-state index in [0.29, 0.717) is 0 Å². The van der Waals surface area contributed by atoms with Crippen LogP contribution >= 0.6 is 0 Å². The first-order chi connectivity index (χ1) is 7.60. The van der Waals surface area contributed by atoms with E-state index < -0.39 is 18.2 Å². The van der Waals surface area contributed by atoms with Crippen LogP contribution in [0.5, 0.6) is 0 Å². The topological polar surface area (TPSA) is 90.7 Å². The molecule has 0 saturated heterocycles. The predicted molar refractivity (Wildman–Crippen MR) is 52.3 cm³/mol. The molecule has 0 saturated carbocycles. The van der Waals surface area contributed by atoms with Crippen LogP contribution in [-0.4, -0.2) is 39.3 Å². The van der Waals surface area contributed by atoms with Gasteiger partial charge in [0.2, 0.25) is 5.95 Å². The standard InChI is InChI=1S/C10H12FNO4/c11-10-7(5-14)3-6(4-12-10)9(16)8(15)1-2-13/h3-5,8-9,13,15-16H,1-2H2. The molecule has 0 radical (unpaired) electrons. The molecular formula is C10H12FNO4. The van der Waals surface area contributed by atoms with Crippen LogP contribution in [0.25, 0.3) is 0 Å². The van der Waals surface area contributed by atoms with E-state index in [0.717, 1.165) is 12.3 Å². The van der Waals surface area contributed by atoms with Crippen molar-refractivity contribution in [2.75, 3.05) is 6.61 Å². The number of rotatable bonds is 5. The van der Waals surface area contributed by atoms with Gasteiger partial charge in [-0.2, -0.15) is 4.39 Å².